The zero-order valence-electron chi connectivity index (χ0n) is 6.08. The Morgan fingerprint density at radius 3 is 2.82 bits per heavy atom. The first-order valence-corrected chi connectivity index (χ1v) is 3.18. The molecule has 0 aliphatic carbocycles. The summed E-state index contributed by atoms with van der Waals surface area (Å²) in [5.41, 5.74) is -1.82. The van der Waals surface area contributed by atoms with Gasteiger partial charge in [-0.1, -0.05) is 6.07 Å². The van der Waals surface area contributed by atoms with E-state index in [0.717, 1.165) is 0 Å². The van der Waals surface area contributed by atoms with Crippen molar-refractivity contribution in [2.45, 2.75) is 12.6 Å². The number of nitrogens with zero attached hydrogens (tertiary/aromatic N) is 2. The van der Waals surface area contributed by atoms with Crippen molar-refractivity contribution in [1.29, 1.82) is 5.26 Å². The Morgan fingerprint density at radius 1 is 1.64 bits per heavy atom. The summed E-state index contributed by atoms with van der Waals surface area (Å²) in [5.74, 6) is 0. The number of nitriles is 1. The normalized spacial score (nSPS) is 15.0. The molecular formula is C8H7FN2. The largest absolute Gasteiger partial charge is 0.257 e. The Balaban J connectivity index is 3.05. The highest BCUT2D eigenvalue weighted by Gasteiger charge is 2.25. The maximum atomic E-state index is 13.1. The number of alkyl halides is 1. The van der Waals surface area contributed by atoms with E-state index in [1.807, 2.05) is 0 Å². The number of pyridine rings is 1. The van der Waals surface area contributed by atoms with E-state index in [1.165, 1.54) is 25.3 Å². The first-order chi connectivity index (χ1) is 5.17. The Labute approximate surface area is 64.3 Å². The Hall–Kier alpha value is -1.43. The van der Waals surface area contributed by atoms with Gasteiger partial charge in [-0.3, -0.25) is 4.98 Å². The molecule has 0 spiro atoms. The molecule has 0 aromatic carbocycles. The average Bonchev–Trinajstić information content (AvgIpc) is 2.06. The molecule has 1 aromatic heterocycles. The van der Waals surface area contributed by atoms with Gasteiger partial charge in [0.2, 0.25) is 5.67 Å². The summed E-state index contributed by atoms with van der Waals surface area (Å²) in [7, 11) is 0. The molecule has 0 bridgehead atoms. The van der Waals surface area contributed by atoms with E-state index >= 15 is 0 Å². The van der Waals surface area contributed by atoms with Crippen LogP contribution in [0.5, 0.6) is 0 Å². The predicted octanol–water partition coefficient (Wildman–Crippen LogP) is 1.79. The first kappa shape index (κ1) is 7.67. The standard InChI is InChI=1S/C8H7FN2/c1-8(9,6-10)7-4-2-3-5-11-7/h2-5H,1H3/t8-/m0/s1. The molecule has 1 rings (SSSR count). The lowest BCUT2D eigenvalue weighted by molar-refractivity contribution is 0.266. The highest BCUT2D eigenvalue weighted by Crippen LogP contribution is 2.21. The van der Waals surface area contributed by atoms with E-state index < -0.39 is 5.67 Å². The van der Waals surface area contributed by atoms with Crippen molar-refractivity contribution >= 4 is 0 Å². The molecule has 2 nitrogen and oxygen atoms in total. The molecule has 0 unspecified atom stereocenters. The maximum absolute atomic E-state index is 13.1. The molecule has 0 radical (unpaired) electrons. The zero-order chi connectivity index (χ0) is 8.32. The monoisotopic (exact) mass is 150 g/mol. The van der Waals surface area contributed by atoms with Crippen molar-refractivity contribution in [1.82, 2.24) is 4.98 Å². The molecular weight excluding hydrogens is 143 g/mol. The fraction of sp³-hybridized carbons (Fsp3) is 0.250. The SMILES string of the molecule is C[C@](F)(C#N)c1ccccn1. The molecule has 0 aliphatic rings. The first-order valence-electron chi connectivity index (χ1n) is 3.18. The van der Waals surface area contributed by atoms with Crippen molar-refractivity contribution < 1.29 is 4.39 Å². The van der Waals surface area contributed by atoms with Crippen LogP contribution in [0.1, 0.15) is 12.6 Å². The van der Waals surface area contributed by atoms with Crippen LogP contribution in [0, 0.1) is 11.3 Å². The lowest BCUT2D eigenvalue weighted by Gasteiger charge is -2.08. The molecule has 56 valence electrons. The van der Waals surface area contributed by atoms with Crippen LogP contribution in [-0.4, -0.2) is 4.98 Å². The molecule has 1 atom stereocenters. The van der Waals surface area contributed by atoms with Gasteiger partial charge in [-0.15, -0.1) is 0 Å². The van der Waals surface area contributed by atoms with Crippen LogP contribution < -0.4 is 0 Å². The second kappa shape index (κ2) is 2.67. The summed E-state index contributed by atoms with van der Waals surface area (Å²) >= 11 is 0. The summed E-state index contributed by atoms with van der Waals surface area (Å²) in [6, 6.07) is 6.35. The van der Waals surface area contributed by atoms with E-state index in [-0.39, 0.29) is 5.69 Å². The van der Waals surface area contributed by atoms with Crippen molar-refractivity contribution in [2.24, 2.45) is 0 Å². The zero-order valence-corrected chi connectivity index (χ0v) is 6.08. The average molecular weight is 150 g/mol. The van der Waals surface area contributed by atoms with Gasteiger partial charge in [0, 0.05) is 6.20 Å². The van der Waals surface area contributed by atoms with Crippen LogP contribution in [0.3, 0.4) is 0 Å². The minimum atomic E-state index is -1.97. The van der Waals surface area contributed by atoms with E-state index in [0.29, 0.717) is 0 Å². The summed E-state index contributed by atoms with van der Waals surface area (Å²) in [6.07, 6.45) is 1.46. The van der Waals surface area contributed by atoms with Crippen molar-refractivity contribution in [3.05, 3.63) is 30.1 Å². The second-order valence-electron chi connectivity index (χ2n) is 2.33. The van der Waals surface area contributed by atoms with Crippen LogP contribution in [0.15, 0.2) is 24.4 Å². The third-order valence-electron chi connectivity index (χ3n) is 1.36. The smallest absolute Gasteiger partial charge is 0.234 e. The fourth-order valence-corrected chi connectivity index (χ4v) is 0.698. The van der Waals surface area contributed by atoms with Gasteiger partial charge in [-0.05, 0) is 19.1 Å². The molecule has 0 amide bonds. The highest BCUT2D eigenvalue weighted by atomic mass is 19.1. The molecule has 11 heavy (non-hydrogen) atoms. The maximum Gasteiger partial charge on any atom is 0.234 e. The topological polar surface area (TPSA) is 36.7 Å². The number of halogens is 1. The molecule has 0 N–H and O–H groups in total. The molecule has 0 fully saturated rings. The lowest BCUT2D eigenvalue weighted by atomic mass is 10.1. The molecule has 3 heteroatoms. The fourth-order valence-electron chi connectivity index (χ4n) is 0.698. The summed E-state index contributed by atoms with van der Waals surface area (Å²) in [5, 5.41) is 8.38. The van der Waals surface area contributed by atoms with Crippen molar-refractivity contribution in [3.63, 3.8) is 0 Å². The van der Waals surface area contributed by atoms with Gasteiger partial charge in [-0.25, -0.2) is 4.39 Å². The molecule has 1 aromatic rings. The van der Waals surface area contributed by atoms with E-state index in [4.69, 9.17) is 5.26 Å². The van der Waals surface area contributed by atoms with Gasteiger partial charge in [0.25, 0.3) is 0 Å². The van der Waals surface area contributed by atoms with Gasteiger partial charge in [0.1, 0.15) is 6.07 Å². The number of rotatable bonds is 1. The van der Waals surface area contributed by atoms with Gasteiger partial charge >= 0.3 is 0 Å². The third-order valence-corrected chi connectivity index (χ3v) is 1.36. The Bertz CT molecular complexity index is 274. The lowest BCUT2D eigenvalue weighted by Crippen LogP contribution is -2.13. The Morgan fingerprint density at radius 2 is 2.36 bits per heavy atom. The van der Waals surface area contributed by atoms with Crippen molar-refractivity contribution in [3.8, 4) is 6.07 Å². The number of aromatic nitrogens is 1. The van der Waals surface area contributed by atoms with Crippen molar-refractivity contribution in [2.75, 3.05) is 0 Å². The van der Waals surface area contributed by atoms with E-state index in [9.17, 15) is 4.39 Å². The summed E-state index contributed by atoms with van der Waals surface area (Å²) in [4.78, 5) is 3.72. The van der Waals surface area contributed by atoms with Crippen LogP contribution >= 0.6 is 0 Å². The molecule has 0 saturated carbocycles. The van der Waals surface area contributed by atoms with Gasteiger partial charge in [0.15, 0.2) is 0 Å². The van der Waals surface area contributed by atoms with Crippen LogP contribution in [0.25, 0.3) is 0 Å². The van der Waals surface area contributed by atoms with Gasteiger partial charge < -0.3 is 0 Å². The van der Waals surface area contributed by atoms with Crippen LogP contribution in [-0.2, 0) is 5.67 Å². The number of hydrogen-bond donors (Lipinski definition) is 0. The quantitative estimate of drug-likeness (QED) is 0.611. The second-order valence-corrected chi connectivity index (χ2v) is 2.33. The van der Waals surface area contributed by atoms with E-state index in [2.05, 4.69) is 4.98 Å². The van der Waals surface area contributed by atoms with Gasteiger partial charge in [0.05, 0.1) is 5.69 Å². The van der Waals surface area contributed by atoms with Crippen LogP contribution in [0.4, 0.5) is 4.39 Å². The molecule has 1 heterocycles. The van der Waals surface area contributed by atoms with Gasteiger partial charge in [-0.2, -0.15) is 5.26 Å². The highest BCUT2D eigenvalue weighted by molar-refractivity contribution is 5.19. The molecule has 0 saturated heterocycles. The summed E-state index contributed by atoms with van der Waals surface area (Å²) < 4.78 is 13.1. The third kappa shape index (κ3) is 1.53. The Kier molecular flexibility index (Phi) is 1.86. The van der Waals surface area contributed by atoms with Crippen LogP contribution in [0.2, 0.25) is 0 Å². The van der Waals surface area contributed by atoms with E-state index in [1.54, 1.807) is 12.1 Å². The summed E-state index contributed by atoms with van der Waals surface area (Å²) in [6.45, 7) is 1.19. The molecule has 0 aliphatic heterocycles. The minimum absolute atomic E-state index is 0.155. The minimum Gasteiger partial charge on any atom is -0.257 e. The number of hydrogen-bond acceptors (Lipinski definition) is 2. The predicted molar refractivity (Wildman–Crippen MR) is 38.3 cm³/mol.